The maximum absolute atomic E-state index is 11.3. The van der Waals surface area contributed by atoms with E-state index in [0.29, 0.717) is 27.0 Å². The molecule has 0 aliphatic rings. The summed E-state index contributed by atoms with van der Waals surface area (Å²) >= 11 is 3.25. The van der Waals surface area contributed by atoms with E-state index in [1.54, 1.807) is 43.5 Å². The highest BCUT2D eigenvalue weighted by atomic mass is 79.9. The van der Waals surface area contributed by atoms with Crippen molar-refractivity contribution in [3.8, 4) is 11.5 Å². The summed E-state index contributed by atoms with van der Waals surface area (Å²) in [6.45, 7) is 0. The highest BCUT2D eigenvalue weighted by Crippen LogP contribution is 2.32. The molecule has 0 aliphatic carbocycles. The fourth-order valence-corrected chi connectivity index (χ4v) is 2.21. The van der Waals surface area contributed by atoms with Gasteiger partial charge in [-0.15, -0.1) is 0 Å². The zero-order valence-electron chi connectivity index (χ0n) is 12.0. The number of phenols is 1. The number of esters is 1. The predicted octanol–water partition coefficient (Wildman–Crippen LogP) is 3.70. The van der Waals surface area contributed by atoms with Gasteiger partial charge in [0.1, 0.15) is 11.5 Å². The number of nitrogens with zero attached hydrogens (tertiary/aromatic N) is 1. The minimum absolute atomic E-state index is 0.0794. The van der Waals surface area contributed by atoms with Crippen LogP contribution in [0.4, 0.5) is 5.69 Å². The molecule has 2 aromatic carbocycles. The lowest BCUT2D eigenvalue weighted by Gasteiger charge is -2.06. The smallest absolute Gasteiger partial charge is 0.337 e. The summed E-state index contributed by atoms with van der Waals surface area (Å²) in [5, 5.41) is 9.99. The van der Waals surface area contributed by atoms with E-state index in [4.69, 9.17) is 4.74 Å². The monoisotopic (exact) mass is 363 g/mol. The topological polar surface area (TPSA) is 68.1 Å². The number of methoxy groups -OCH3 is 2. The molecular formula is C16H14BrNO4. The van der Waals surface area contributed by atoms with E-state index in [-0.39, 0.29) is 5.75 Å². The molecule has 0 saturated heterocycles. The fraction of sp³-hybridized carbons (Fsp3) is 0.125. The Bertz CT molecular complexity index is 711. The molecular weight excluding hydrogens is 350 g/mol. The van der Waals surface area contributed by atoms with Gasteiger partial charge in [-0.3, -0.25) is 4.99 Å². The van der Waals surface area contributed by atoms with Gasteiger partial charge in [0.15, 0.2) is 0 Å². The average Bonchev–Trinajstić information content (AvgIpc) is 2.55. The minimum atomic E-state index is -0.398. The SMILES string of the molecule is COC(=O)c1ccc(N=Cc2cc(OC)cc(Br)c2O)cc1. The standard InChI is InChI=1S/C16H14BrNO4/c1-21-13-7-11(15(19)14(17)8-13)9-18-12-5-3-10(4-6-12)16(20)22-2/h3-9,19H,1-2H3. The summed E-state index contributed by atoms with van der Waals surface area (Å²) in [5.74, 6) is 0.285. The number of rotatable bonds is 4. The third-order valence-corrected chi connectivity index (χ3v) is 3.55. The van der Waals surface area contributed by atoms with E-state index in [1.807, 2.05) is 0 Å². The van der Waals surface area contributed by atoms with Crippen LogP contribution in [0, 0.1) is 0 Å². The molecule has 0 aliphatic heterocycles. The number of phenolic OH excluding ortho intramolecular Hbond substituents is 1. The van der Waals surface area contributed by atoms with E-state index in [2.05, 4.69) is 25.7 Å². The highest BCUT2D eigenvalue weighted by molar-refractivity contribution is 9.10. The van der Waals surface area contributed by atoms with Crippen LogP contribution < -0.4 is 4.74 Å². The van der Waals surface area contributed by atoms with Crippen molar-refractivity contribution in [2.24, 2.45) is 4.99 Å². The van der Waals surface area contributed by atoms with Gasteiger partial charge in [-0.25, -0.2) is 4.79 Å². The Morgan fingerprint density at radius 1 is 1.23 bits per heavy atom. The van der Waals surface area contributed by atoms with E-state index in [9.17, 15) is 9.90 Å². The average molecular weight is 364 g/mol. The van der Waals surface area contributed by atoms with Crippen molar-refractivity contribution in [2.45, 2.75) is 0 Å². The summed E-state index contributed by atoms with van der Waals surface area (Å²) in [6, 6.07) is 9.97. The summed E-state index contributed by atoms with van der Waals surface area (Å²) in [5.41, 5.74) is 1.61. The van der Waals surface area contributed by atoms with Crippen LogP contribution in [0.25, 0.3) is 0 Å². The van der Waals surface area contributed by atoms with E-state index < -0.39 is 5.97 Å². The second-order valence-electron chi connectivity index (χ2n) is 4.34. The molecule has 0 aromatic heterocycles. The predicted molar refractivity (Wildman–Crippen MR) is 87.4 cm³/mol. The van der Waals surface area contributed by atoms with Gasteiger partial charge in [0.2, 0.25) is 0 Å². The van der Waals surface area contributed by atoms with Crippen LogP contribution >= 0.6 is 15.9 Å². The molecule has 0 saturated carbocycles. The van der Waals surface area contributed by atoms with Crippen molar-refractivity contribution < 1.29 is 19.4 Å². The Morgan fingerprint density at radius 3 is 2.50 bits per heavy atom. The van der Waals surface area contributed by atoms with Gasteiger partial charge in [0.05, 0.1) is 29.9 Å². The van der Waals surface area contributed by atoms with E-state index in [0.717, 1.165) is 0 Å². The molecule has 22 heavy (non-hydrogen) atoms. The summed E-state index contributed by atoms with van der Waals surface area (Å²) in [4.78, 5) is 15.6. The van der Waals surface area contributed by atoms with Crippen molar-refractivity contribution in [2.75, 3.05) is 14.2 Å². The fourth-order valence-electron chi connectivity index (χ4n) is 1.76. The van der Waals surface area contributed by atoms with Gasteiger partial charge in [-0.2, -0.15) is 0 Å². The second-order valence-corrected chi connectivity index (χ2v) is 5.20. The second kappa shape index (κ2) is 7.09. The number of benzene rings is 2. The molecule has 0 unspecified atom stereocenters. The summed E-state index contributed by atoms with van der Waals surface area (Å²) < 4.78 is 10.3. The first-order chi connectivity index (χ1) is 10.5. The highest BCUT2D eigenvalue weighted by Gasteiger charge is 2.07. The Hall–Kier alpha value is -2.34. The molecule has 114 valence electrons. The van der Waals surface area contributed by atoms with Gasteiger partial charge < -0.3 is 14.6 Å². The van der Waals surface area contributed by atoms with Crippen molar-refractivity contribution in [3.05, 3.63) is 52.0 Å². The van der Waals surface area contributed by atoms with Crippen LogP contribution in [0.1, 0.15) is 15.9 Å². The van der Waals surface area contributed by atoms with E-state index >= 15 is 0 Å². The molecule has 0 atom stereocenters. The van der Waals surface area contributed by atoms with Gasteiger partial charge in [-0.05, 0) is 52.3 Å². The molecule has 2 aromatic rings. The Labute approximate surface area is 136 Å². The number of carbonyl (C=O) groups is 1. The molecule has 0 fully saturated rings. The molecule has 5 nitrogen and oxygen atoms in total. The van der Waals surface area contributed by atoms with Crippen molar-refractivity contribution >= 4 is 33.8 Å². The molecule has 0 heterocycles. The number of ether oxygens (including phenoxy) is 2. The first-order valence-corrected chi connectivity index (χ1v) is 7.13. The lowest BCUT2D eigenvalue weighted by atomic mass is 10.2. The van der Waals surface area contributed by atoms with Crippen molar-refractivity contribution in [1.82, 2.24) is 0 Å². The third kappa shape index (κ3) is 3.65. The number of hydrogen-bond donors (Lipinski definition) is 1. The third-order valence-electron chi connectivity index (χ3n) is 2.94. The Balaban J connectivity index is 2.25. The lowest BCUT2D eigenvalue weighted by Crippen LogP contribution is -1.99. The van der Waals surface area contributed by atoms with Gasteiger partial charge in [0.25, 0.3) is 0 Å². The Kier molecular flexibility index (Phi) is 5.16. The minimum Gasteiger partial charge on any atom is -0.506 e. The van der Waals surface area contributed by atoms with Crippen LogP contribution in [-0.4, -0.2) is 31.5 Å². The first kappa shape index (κ1) is 16.0. The van der Waals surface area contributed by atoms with Gasteiger partial charge in [0, 0.05) is 11.8 Å². The summed E-state index contributed by atoms with van der Waals surface area (Å²) in [6.07, 6.45) is 1.52. The van der Waals surface area contributed by atoms with Gasteiger partial charge in [-0.1, -0.05) is 0 Å². The molecule has 2 rings (SSSR count). The van der Waals surface area contributed by atoms with E-state index in [1.165, 1.54) is 13.3 Å². The zero-order chi connectivity index (χ0) is 16.1. The molecule has 6 heteroatoms. The molecule has 0 bridgehead atoms. The first-order valence-electron chi connectivity index (χ1n) is 6.34. The molecule has 1 N–H and O–H groups in total. The van der Waals surface area contributed by atoms with Crippen LogP contribution in [0.3, 0.4) is 0 Å². The molecule has 0 amide bonds. The molecule has 0 radical (unpaired) electrons. The quantitative estimate of drug-likeness (QED) is 0.664. The number of aliphatic imine (C=N–C) groups is 1. The maximum atomic E-state index is 11.3. The van der Waals surface area contributed by atoms with Crippen molar-refractivity contribution in [1.29, 1.82) is 0 Å². The number of halogens is 1. The number of carbonyl (C=O) groups excluding carboxylic acids is 1. The van der Waals surface area contributed by atoms with Crippen LogP contribution in [0.5, 0.6) is 11.5 Å². The normalized spacial score (nSPS) is 10.7. The van der Waals surface area contributed by atoms with Gasteiger partial charge >= 0.3 is 5.97 Å². The zero-order valence-corrected chi connectivity index (χ0v) is 13.6. The Morgan fingerprint density at radius 2 is 1.91 bits per heavy atom. The largest absolute Gasteiger partial charge is 0.506 e. The van der Waals surface area contributed by atoms with Crippen molar-refractivity contribution in [3.63, 3.8) is 0 Å². The van der Waals surface area contributed by atoms with Crippen LogP contribution in [0.2, 0.25) is 0 Å². The number of aromatic hydroxyl groups is 1. The summed E-state index contributed by atoms with van der Waals surface area (Å²) in [7, 11) is 2.88. The molecule has 0 spiro atoms. The number of hydrogen-bond acceptors (Lipinski definition) is 5. The van der Waals surface area contributed by atoms with Crippen LogP contribution in [0.15, 0.2) is 45.9 Å². The maximum Gasteiger partial charge on any atom is 0.337 e. The lowest BCUT2D eigenvalue weighted by molar-refractivity contribution is 0.0601. The van der Waals surface area contributed by atoms with Crippen LogP contribution in [-0.2, 0) is 4.74 Å².